The van der Waals surface area contributed by atoms with Crippen molar-refractivity contribution >= 4 is 16.6 Å². The summed E-state index contributed by atoms with van der Waals surface area (Å²) < 4.78 is 12.8. The fraction of sp³-hybridized carbons (Fsp3) is 0. The summed E-state index contributed by atoms with van der Waals surface area (Å²) in [7, 11) is 0. The van der Waals surface area contributed by atoms with Crippen molar-refractivity contribution in [3.63, 3.8) is 0 Å². The maximum Gasteiger partial charge on any atom is 0.142 e. The molecule has 68 valence electrons. The predicted molar refractivity (Wildman–Crippen MR) is 50.5 cm³/mol. The van der Waals surface area contributed by atoms with Crippen molar-refractivity contribution < 1.29 is 4.39 Å². The molecule has 0 saturated carbocycles. The van der Waals surface area contributed by atoms with Gasteiger partial charge >= 0.3 is 0 Å². The number of hydrogen-bond acceptors (Lipinski definition) is 2. The summed E-state index contributed by atoms with van der Waals surface area (Å²) in [6.45, 7) is 0. The first kappa shape index (κ1) is 8.47. The standard InChI is InChI=1S/C9H5FN4/c10-7-3-6-4-8(13-14-11)1-2-9(6)12-5-7/h1-5H. The van der Waals surface area contributed by atoms with E-state index in [1.165, 1.54) is 6.07 Å². The Bertz CT molecular complexity index is 531. The van der Waals surface area contributed by atoms with Gasteiger partial charge in [0.25, 0.3) is 0 Å². The van der Waals surface area contributed by atoms with Gasteiger partial charge in [-0.1, -0.05) is 11.2 Å². The van der Waals surface area contributed by atoms with Gasteiger partial charge in [-0.3, -0.25) is 4.98 Å². The largest absolute Gasteiger partial charge is 0.253 e. The van der Waals surface area contributed by atoms with E-state index in [1.807, 2.05) is 0 Å². The van der Waals surface area contributed by atoms with Crippen LogP contribution < -0.4 is 0 Å². The van der Waals surface area contributed by atoms with Gasteiger partial charge in [0, 0.05) is 16.0 Å². The second-order valence-electron chi connectivity index (χ2n) is 2.72. The molecule has 0 amide bonds. The number of benzene rings is 1. The molecule has 5 heteroatoms. The van der Waals surface area contributed by atoms with Gasteiger partial charge in [0.1, 0.15) is 5.82 Å². The molecule has 14 heavy (non-hydrogen) atoms. The number of nitrogens with zero attached hydrogens (tertiary/aromatic N) is 4. The lowest BCUT2D eigenvalue weighted by molar-refractivity contribution is 0.624. The monoisotopic (exact) mass is 188 g/mol. The van der Waals surface area contributed by atoms with E-state index in [-0.39, 0.29) is 0 Å². The SMILES string of the molecule is [N-]=[N+]=Nc1ccc2ncc(F)cc2c1. The van der Waals surface area contributed by atoms with Crippen molar-refractivity contribution in [3.8, 4) is 0 Å². The highest BCUT2D eigenvalue weighted by Crippen LogP contribution is 2.20. The molecule has 0 saturated heterocycles. The molecule has 0 atom stereocenters. The van der Waals surface area contributed by atoms with Gasteiger partial charge in [0.2, 0.25) is 0 Å². The van der Waals surface area contributed by atoms with Crippen LogP contribution in [0.4, 0.5) is 10.1 Å². The lowest BCUT2D eigenvalue weighted by atomic mass is 10.2. The summed E-state index contributed by atoms with van der Waals surface area (Å²) >= 11 is 0. The van der Waals surface area contributed by atoms with E-state index in [2.05, 4.69) is 15.0 Å². The van der Waals surface area contributed by atoms with Crippen LogP contribution in [0.5, 0.6) is 0 Å². The highest BCUT2D eigenvalue weighted by molar-refractivity contribution is 5.81. The van der Waals surface area contributed by atoms with E-state index in [1.54, 1.807) is 18.2 Å². The van der Waals surface area contributed by atoms with Gasteiger partial charge in [0.15, 0.2) is 0 Å². The Morgan fingerprint density at radius 3 is 3.00 bits per heavy atom. The Morgan fingerprint density at radius 2 is 2.21 bits per heavy atom. The third kappa shape index (κ3) is 1.48. The maximum absolute atomic E-state index is 12.8. The van der Waals surface area contributed by atoms with Gasteiger partial charge in [-0.15, -0.1) is 0 Å². The highest BCUT2D eigenvalue weighted by atomic mass is 19.1. The van der Waals surface area contributed by atoms with Crippen molar-refractivity contribution in [2.75, 3.05) is 0 Å². The molecule has 0 fully saturated rings. The van der Waals surface area contributed by atoms with Crippen molar-refractivity contribution in [3.05, 3.63) is 46.7 Å². The van der Waals surface area contributed by atoms with Crippen molar-refractivity contribution in [2.24, 2.45) is 5.11 Å². The summed E-state index contributed by atoms with van der Waals surface area (Å²) in [6.07, 6.45) is 1.15. The molecule has 0 spiro atoms. The molecule has 0 aliphatic rings. The summed E-state index contributed by atoms with van der Waals surface area (Å²) in [5, 5.41) is 4.04. The predicted octanol–water partition coefficient (Wildman–Crippen LogP) is 3.32. The number of halogens is 1. The maximum atomic E-state index is 12.8. The molecule has 1 aromatic carbocycles. The van der Waals surface area contributed by atoms with Crippen LogP contribution in [0.1, 0.15) is 0 Å². The van der Waals surface area contributed by atoms with Crippen LogP contribution in [0.2, 0.25) is 0 Å². The van der Waals surface area contributed by atoms with E-state index < -0.39 is 5.82 Å². The van der Waals surface area contributed by atoms with Gasteiger partial charge < -0.3 is 0 Å². The normalized spacial score (nSPS) is 9.79. The number of fused-ring (bicyclic) bond motifs is 1. The molecule has 2 aromatic rings. The molecule has 0 aliphatic heterocycles. The molecule has 4 nitrogen and oxygen atoms in total. The summed E-state index contributed by atoms with van der Waals surface area (Å²) in [5.41, 5.74) is 9.34. The first-order valence-corrected chi connectivity index (χ1v) is 3.90. The zero-order chi connectivity index (χ0) is 9.97. The molecule has 0 N–H and O–H groups in total. The van der Waals surface area contributed by atoms with Crippen molar-refractivity contribution in [1.29, 1.82) is 0 Å². The van der Waals surface area contributed by atoms with Crippen LogP contribution in [0.25, 0.3) is 21.3 Å². The van der Waals surface area contributed by atoms with Gasteiger partial charge in [-0.2, -0.15) is 0 Å². The molecule has 1 aromatic heterocycles. The van der Waals surface area contributed by atoms with E-state index >= 15 is 0 Å². The zero-order valence-corrected chi connectivity index (χ0v) is 7.05. The molecular weight excluding hydrogens is 183 g/mol. The van der Waals surface area contributed by atoms with Gasteiger partial charge in [0.05, 0.1) is 11.7 Å². The Morgan fingerprint density at radius 1 is 1.36 bits per heavy atom. The number of hydrogen-bond donors (Lipinski definition) is 0. The molecule has 1 heterocycles. The van der Waals surface area contributed by atoms with E-state index in [0.717, 1.165) is 6.20 Å². The second-order valence-corrected chi connectivity index (χ2v) is 2.72. The third-order valence-electron chi connectivity index (χ3n) is 1.79. The molecule has 0 radical (unpaired) electrons. The summed E-state index contributed by atoms with van der Waals surface area (Å²) in [5.74, 6) is -0.407. The van der Waals surface area contributed by atoms with Crippen LogP contribution in [-0.4, -0.2) is 4.98 Å². The van der Waals surface area contributed by atoms with Gasteiger partial charge in [-0.05, 0) is 23.7 Å². The third-order valence-corrected chi connectivity index (χ3v) is 1.79. The Balaban J connectivity index is 2.69. The number of pyridine rings is 1. The summed E-state index contributed by atoms with van der Waals surface area (Å²) in [6, 6.07) is 6.25. The number of aromatic nitrogens is 1. The van der Waals surface area contributed by atoms with Crippen LogP contribution in [0.3, 0.4) is 0 Å². The van der Waals surface area contributed by atoms with E-state index in [9.17, 15) is 4.39 Å². The van der Waals surface area contributed by atoms with Crippen LogP contribution in [0.15, 0.2) is 35.6 Å². The second kappa shape index (κ2) is 3.32. The highest BCUT2D eigenvalue weighted by Gasteiger charge is 1.97. The Kier molecular flexibility index (Phi) is 2.01. The average Bonchev–Trinajstić information content (AvgIpc) is 2.17. The van der Waals surface area contributed by atoms with Crippen molar-refractivity contribution in [1.82, 2.24) is 4.98 Å². The average molecular weight is 188 g/mol. The molecule has 0 aliphatic carbocycles. The number of rotatable bonds is 1. The molecule has 0 bridgehead atoms. The van der Waals surface area contributed by atoms with E-state index in [4.69, 9.17) is 5.53 Å². The smallest absolute Gasteiger partial charge is 0.142 e. The first-order valence-electron chi connectivity index (χ1n) is 3.90. The van der Waals surface area contributed by atoms with Crippen molar-refractivity contribution in [2.45, 2.75) is 0 Å². The Hall–Kier alpha value is -2.13. The quantitative estimate of drug-likeness (QED) is 0.384. The van der Waals surface area contributed by atoms with E-state index in [0.29, 0.717) is 16.6 Å². The van der Waals surface area contributed by atoms with Gasteiger partial charge in [-0.25, -0.2) is 4.39 Å². The lowest BCUT2D eigenvalue weighted by Gasteiger charge is -1.97. The molecular formula is C9H5FN4. The zero-order valence-electron chi connectivity index (χ0n) is 7.05. The lowest BCUT2D eigenvalue weighted by Crippen LogP contribution is -1.80. The molecule has 0 unspecified atom stereocenters. The topological polar surface area (TPSA) is 61.7 Å². The fourth-order valence-electron chi connectivity index (χ4n) is 1.21. The summed E-state index contributed by atoms with van der Waals surface area (Å²) in [4.78, 5) is 6.52. The fourth-order valence-corrected chi connectivity index (χ4v) is 1.21. The van der Waals surface area contributed by atoms with Crippen LogP contribution in [-0.2, 0) is 0 Å². The minimum atomic E-state index is -0.407. The van der Waals surface area contributed by atoms with Crippen LogP contribution >= 0.6 is 0 Å². The van der Waals surface area contributed by atoms with Crippen LogP contribution in [0, 0.1) is 5.82 Å². The minimum absolute atomic E-state index is 0.407. The molecule has 2 rings (SSSR count). The first-order chi connectivity index (χ1) is 6.79. The minimum Gasteiger partial charge on any atom is -0.253 e. The Labute approximate surface area is 78.6 Å². The number of azide groups is 1.